The Bertz CT molecular complexity index is 1220. The Morgan fingerprint density at radius 3 is 2.50 bits per heavy atom. The first kappa shape index (κ1) is 20.4. The van der Waals surface area contributed by atoms with Gasteiger partial charge in [0.2, 0.25) is 0 Å². The van der Waals surface area contributed by atoms with E-state index in [1.807, 2.05) is 38.1 Å². The van der Waals surface area contributed by atoms with Gasteiger partial charge in [0, 0.05) is 17.4 Å². The van der Waals surface area contributed by atoms with Gasteiger partial charge < -0.3 is 4.90 Å². The van der Waals surface area contributed by atoms with E-state index < -0.39 is 10.0 Å². The third-order valence-electron chi connectivity index (χ3n) is 5.21. The highest BCUT2D eigenvalue weighted by Crippen LogP contribution is 2.34. The van der Waals surface area contributed by atoms with Crippen LogP contribution >= 0.6 is 11.6 Å². The highest BCUT2D eigenvalue weighted by atomic mass is 35.5. The van der Waals surface area contributed by atoms with E-state index in [-0.39, 0.29) is 33.1 Å². The second-order valence-electron chi connectivity index (χ2n) is 7.47. The van der Waals surface area contributed by atoms with Crippen molar-refractivity contribution in [3.8, 4) is 0 Å². The average molecular weight is 441 g/mol. The molecular weight excluding hydrogens is 420 g/mol. The molecule has 1 unspecified atom stereocenters. The van der Waals surface area contributed by atoms with Gasteiger partial charge in [-0.25, -0.2) is 8.42 Å². The van der Waals surface area contributed by atoms with E-state index in [1.54, 1.807) is 35.2 Å². The molecule has 0 radical (unpaired) electrons. The van der Waals surface area contributed by atoms with Gasteiger partial charge >= 0.3 is 0 Å². The van der Waals surface area contributed by atoms with Crippen molar-refractivity contribution in [1.29, 1.82) is 0 Å². The molecule has 5 nitrogen and oxygen atoms in total. The zero-order valence-electron chi connectivity index (χ0n) is 16.6. The Balaban J connectivity index is 1.66. The smallest absolute Gasteiger partial charge is 0.261 e. The number of nitrogens with zero attached hydrogens (tertiary/aromatic N) is 1. The third kappa shape index (κ3) is 3.80. The van der Waals surface area contributed by atoms with E-state index in [0.29, 0.717) is 0 Å². The lowest BCUT2D eigenvalue weighted by molar-refractivity contribution is 0.0981. The Morgan fingerprint density at radius 1 is 1.07 bits per heavy atom. The van der Waals surface area contributed by atoms with E-state index in [4.69, 9.17) is 11.6 Å². The quantitative estimate of drug-likeness (QED) is 0.618. The van der Waals surface area contributed by atoms with E-state index in [2.05, 4.69) is 4.72 Å². The van der Waals surface area contributed by atoms with E-state index in [9.17, 15) is 13.2 Å². The zero-order chi connectivity index (χ0) is 21.5. The number of carbonyl (C=O) groups is 1. The number of anilines is 2. The summed E-state index contributed by atoms with van der Waals surface area (Å²) in [6.45, 7) is 3.87. The summed E-state index contributed by atoms with van der Waals surface area (Å²) in [5.74, 6) is -0.256. The predicted molar refractivity (Wildman–Crippen MR) is 120 cm³/mol. The Morgan fingerprint density at radius 2 is 1.77 bits per heavy atom. The number of carbonyl (C=O) groups excluding carboxylic acids is 1. The highest BCUT2D eigenvalue weighted by Gasteiger charge is 2.32. The van der Waals surface area contributed by atoms with Crippen LogP contribution < -0.4 is 9.62 Å². The molecule has 0 fully saturated rings. The Labute approximate surface area is 181 Å². The van der Waals surface area contributed by atoms with Crippen molar-refractivity contribution in [2.45, 2.75) is 31.2 Å². The van der Waals surface area contributed by atoms with Crippen LogP contribution in [-0.2, 0) is 16.4 Å². The molecule has 154 valence electrons. The molecule has 4 rings (SSSR count). The van der Waals surface area contributed by atoms with Crippen LogP contribution in [0.25, 0.3) is 0 Å². The number of hydrogen-bond donors (Lipinski definition) is 1. The van der Waals surface area contributed by atoms with Crippen molar-refractivity contribution in [1.82, 2.24) is 0 Å². The van der Waals surface area contributed by atoms with Gasteiger partial charge in [-0.15, -0.1) is 0 Å². The van der Waals surface area contributed by atoms with Gasteiger partial charge in [-0.1, -0.05) is 47.5 Å². The van der Waals surface area contributed by atoms with Crippen LogP contribution in [0.4, 0.5) is 11.4 Å². The Kier molecular flexibility index (Phi) is 5.30. The first-order valence-corrected chi connectivity index (χ1v) is 11.4. The van der Waals surface area contributed by atoms with Gasteiger partial charge in [0.1, 0.15) is 0 Å². The standard InChI is InChI=1S/C23H21ClN2O3S/c1-15-7-10-19(11-8-15)30(28,29)25-18-9-12-21(24)20(14-18)23(27)26-16(2)13-17-5-3-4-6-22(17)26/h3-12,14,16,25H,13H2,1-2H3. The maximum Gasteiger partial charge on any atom is 0.261 e. The molecular formula is C23H21ClN2O3S. The highest BCUT2D eigenvalue weighted by molar-refractivity contribution is 7.92. The molecule has 30 heavy (non-hydrogen) atoms. The van der Waals surface area contributed by atoms with Crippen LogP contribution in [0.2, 0.25) is 5.02 Å². The van der Waals surface area contributed by atoms with Crippen LogP contribution in [0, 0.1) is 6.92 Å². The molecule has 3 aromatic rings. The van der Waals surface area contributed by atoms with Gasteiger partial charge in [-0.05, 0) is 62.2 Å². The van der Waals surface area contributed by atoms with Crippen LogP contribution in [-0.4, -0.2) is 20.4 Å². The summed E-state index contributed by atoms with van der Waals surface area (Å²) in [5, 5.41) is 0.273. The molecule has 3 aromatic carbocycles. The summed E-state index contributed by atoms with van der Waals surface area (Å²) in [6, 6.07) is 18.9. The number of para-hydroxylation sites is 1. The van der Waals surface area contributed by atoms with Gasteiger partial charge in [0.25, 0.3) is 15.9 Å². The normalized spacial score (nSPS) is 15.7. The largest absolute Gasteiger partial charge is 0.305 e. The molecule has 1 heterocycles. The van der Waals surface area contributed by atoms with Crippen molar-refractivity contribution in [2.75, 3.05) is 9.62 Å². The van der Waals surface area contributed by atoms with Crippen LogP contribution in [0.15, 0.2) is 71.6 Å². The minimum absolute atomic E-state index is 0.0149. The molecule has 0 saturated heterocycles. The van der Waals surface area contributed by atoms with Gasteiger partial charge in [-0.2, -0.15) is 0 Å². The lowest BCUT2D eigenvalue weighted by Gasteiger charge is -2.23. The maximum atomic E-state index is 13.3. The van der Waals surface area contributed by atoms with E-state index in [0.717, 1.165) is 23.2 Å². The SMILES string of the molecule is Cc1ccc(S(=O)(=O)Nc2ccc(Cl)c(C(=O)N3c4ccccc4CC3C)c2)cc1. The zero-order valence-corrected chi connectivity index (χ0v) is 18.2. The fraction of sp³-hybridized carbons (Fsp3) is 0.174. The number of fused-ring (bicyclic) bond motifs is 1. The average Bonchev–Trinajstić information content (AvgIpc) is 3.04. The number of sulfonamides is 1. The Hall–Kier alpha value is -2.83. The minimum atomic E-state index is -3.78. The van der Waals surface area contributed by atoms with Crippen molar-refractivity contribution >= 4 is 38.9 Å². The first-order valence-electron chi connectivity index (χ1n) is 9.57. The van der Waals surface area contributed by atoms with E-state index in [1.165, 1.54) is 12.1 Å². The van der Waals surface area contributed by atoms with Crippen molar-refractivity contribution in [3.63, 3.8) is 0 Å². The second kappa shape index (κ2) is 7.78. The number of halogens is 1. The summed E-state index contributed by atoms with van der Waals surface area (Å²) in [7, 11) is -3.78. The second-order valence-corrected chi connectivity index (χ2v) is 9.56. The number of aryl methyl sites for hydroxylation is 1. The van der Waals surface area contributed by atoms with Crippen molar-refractivity contribution in [2.24, 2.45) is 0 Å². The molecule has 0 saturated carbocycles. The molecule has 0 spiro atoms. The third-order valence-corrected chi connectivity index (χ3v) is 6.93. The van der Waals surface area contributed by atoms with Crippen LogP contribution in [0.1, 0.15) is 28.4 Å². The van der Waals surface area contributed by atoms with E-state index >= 15 is 0 Å². The maximum absolute atomic E-state index is 13.3. The molecule has 1 aliphatic heterocycles. The van der Waals surface area contributed by atoms with Gasteiger partial charge in [0.05, 0.1) is 15.5 Å². The van der Waals surface area contributed by atoms with Crippen molar-refractivity contribution < 1.29 is 13.2 Å². The fourth-order valence-electron chi connectivity index (χ4n) is 3.69. The summed E-state index contributed by atoms with van der Waals surface area (Å²) in [6.07, 6.45) is 0.763. The monoisotopic (exact) mass is 440 g/mol. The van der Waals surface area contributed by atoms with Gasteiger partial charge in [0.15, 0.2) is 0 Å². The minimum Gasteiger partial charge on any atom is -0.305 e. The summed E-state index contributed by atoms with van der Waals surface area (Å²) in [4.78, 5) is 15.2. The molecule has 0 aromatic heterocycles. The number of nitrogens with one attached hydrogen (secondary N) is 1. The summed E-state index contributed by atoms with van der Waals surface area (Å²) >= 11 is 6.33. The molecule has 1 N–H and O–H groups in total. The molecule has 1 amide bonds. The fourth-order valence-corrected chi connectivity index (χ4v) is 4.94. The lowest BCUT2D eigenvalue weighted by atomic mass is 10.1. The lowest BCUT2D eigenvalue weighted by Crippen LogP contribution is -2.36. The molecule has 1 aliphatic rings. The molecule has 7 heteroatoms. The number of rotatable bonds is 4. The topological polar surface area (TPSA) is 66.5 Å². The number of amides is 1. The molecule has 0 bridgehead atoms. The summed E-state index contributed by atoms with van der Waals surface area (Å²) in [5.41, 5.74) is 3.46. The van der Waals surface area contributed by atoms with Gasteiger partial charge in [-0.3, -0.25) is 9.52 Å². The summed E-state index contributed by atoms with van der Waals surface area (Å²) < 4.78 is 28.0. The van der Waals surface area contributed by atoms with Crippen LogP contribution in [0.3, 0.4) is 0 Å². The number of benzene rings is 3. The number of hydrogen-bond acceptors (Lipinski definition) is 3. The molecule has 1 atom stereocenters. The van der Waals surface area contributed by atoms with Crippen LogP contribution in [0.5, 0.6) is 0 Å². The molecule has 0 aliphatic carbocycles. The first-order chi connectivity index (χ1) is 14.3. The van der Waals surface area contributed by atoms with Crippen molar-refractivity contribution in [3.05, 3.63) is 88.4 Å². The predicted octanol–water partition coefficient (Wildman–Crippen LogP) is 5.04.